The minimum absolute atomic E-state index is 0.0306. The van der Waals surface area contributed by atoms with Gasteiger partial charge in [0.1, 0.15) is 18.8 Å². The van der Waals surface area contributed by atoms with Crippen molar-refractivity contribution in [1.29, 1.82) is 0 Å². The maximum atomic E-state index is 11.3. The molecule has 0 unspecified atom stereocenters. The number of carbonyl (C=O) groups is 2. The summed E-state index contributed by atoms with van der Waals surface area (Å²) in [6.07, 6.45) is -0.232. The molecule has 0 bridgehead atoms. The lowest BCUT2D eigenvalue weighted by molar-refractivity contribution is -0.146. The molecular weight excluding hydrogens is 264 g/mol. The molecular formula is C14H18O6. The fourth-order valence-electron chi connectivity index (χ4n) is 1.64. The van der Waals surface area contributed by atoms with E-state index in [0.717, 1.165) is 0 Å². The van der Waals surface area contributed by atoms with Crippen molar-refractivity contribution in [3.63, 3.8) is 0 Å². The van der Waals surface area contributed by atoms with E-state index in [4.69, 9.17) is 18.9 Å². The Balaban J connectivity index is 2.85. The topological polar surface area (TPSA) is 71.1 Å². The average molecular weight is 282 g/mol. The fraction of sp³-hybridized carbons (Fsp3) is 0.429. The number of methoxy groups -OCH3 is 3. The minimum atomic E-state index is -0.564. The zero-order chi connectivity index (χ0) is 15.1. The molecule has 1 rings (SSSR count). The van der Waals surface area contributed by atoms with E-state index in [2.05, 4.69) is 0 Å². The average Bonchev–Trinajstić information content (AvgIpc) is 2.42. The maximum absolute atomic E-state index is 11.3. The summed E-state index contributed by atoms with van der Waals surface area (Å²) in [5.74, 6) is 0.619. The van der Waals surface area contributed by atoms with Crippen LogP contribution in [0.5, 0.6) is 17.2 Å². The molecule has 0 aliphatic rings. The number of esters is 1. The van der Waals surface area contributed by atoms with Crippen LogP contribution in [0.25, 0.3) is 0 Å². The van der Waals surface area contributed by atoms with Gasteiger partial charge in [-0.2, -0.15) is 0 Å². The lowest BCUT2D eigenvalue weighted by Crippen LogP contribution is -2.09. The minimum Gasteiger partial charge on any atom is -0.493 e. The monoisotopic (exact) mass is 282 g/mol. The van der Waals surface area contributed by atoms with E-state index in [1.54, 1.807) is 12.1 Å². The third-order valence-corrected chi connectivity index (χ3v) is 2.52. The van der Waals surface area contributed by atoms with E-state index in [-0.39, 0.29) is 18.8 Å². The van der Waals surface area contributed by atoms with Crippen LogP contribution in [0.15, 0.2) is 12.1 Å². The first-order valence-corrected chi connectivity index (χ1v) is 5.95. The van der Waals surface area contributed by atoms with Gasteiger partial charge in [0.2, 0.25) is 5.75 Å². The molecule has 0 spiro atoms. The number of benzene rings is 1. The third kappa shape index (κ3) is 4.15. The Morgan fingerprint density at radius 1 is 1.00 bits per heavy atom. The van der Waals surface area contributed by atoms with Crippen molar-refractivity contribution in [3.05, 3.63) is 17.7 Å². The van der Waals surface area contributed by atoms with Crippen LogP contribution >= 0.6 is 0 Å². The van der Waals surface area contributed by atoms with E-state index < -0.39 is 5.97 Å². The second-order valence-corrected chi connectivity index (χ2v) is 4.07. The molecule has 0 atom stereocenters. The Labute approximate surface area is 117 Å². The molecule has 0 aliphatic heterocycles. The van der Waals surface area contributed by atoms with Crippen molar-refractivity contribution in [1.82, 2.24) is 0 Å². The van der Waals surface area contributed by atoms with E-state index in [9.17, 15) is 9.59 Å². The lowest BCUT2D eigenvalue weighted by Gasteiger charge is -2.14. The maximum Gasteiger partial charge on any atom is 0.313 e. The number of Topliss-reactive ketones (excluding diaryl/α,β-unsaturated/α-hetero) is 1. The summed E-state index contributed by atoms with van der Waals surface area (Å²) in [7, 11) is 4.51. The molecule has 0 amide bonds. The first-order chi connectivity index (χ1) is 9.51. The number of rotatable bonds is 7. The second kappa shape index (κ2) is 7.37. The molecule has 0 radical (unpaired) electrons. The van der Waals surface area contributed by atoms with Crippen LogP contribution in [0.1, 0.15) is 18.9 Å². The van der Waals surface area contributed by atoms with Gasteiger partial charge in [0.05, 0.1) is 21.3 Å². The van der Waals surface area contributed by atoms with E-state index >= 15 is 0 Å². The molecule has 1 aromatic carbocycles. The van der Waals surface area contributed by atoms with Crippen LogP contribution in [-0.2, 0) is 20.9 Å². The molecule has 0 aliphatic carbocycles. The first-order valence-electron chi connectivity index (χ1n) is 5.95. The Bertz CT molecular complexity index is 469. The molecule has 0 heterocycles. The largest absolute Gasteiger partial charge is 0.493 e. The predicted octanol–water partition coefficient (Wildman–Crippen LogP) is 1.73. The SMILES string of the molecule is COc1cc(COC(=O)CC(C)=O)cc(OC)c1OC. The molecule has 20 heavy (non-hydrogen) atoms. The van der Waals surface area contributed by atoms with Crippen LogP contribution in [0, 0.1) is 0 Å². The third-order valence-electron chi connectivity index (χ3n) is 2.52. The number of ether oxygens (including phenoxy) is 4. The van der Waals surface area contributed by atoms with Crippen LogP contribution in [0.2, 0.25) is 0 Å². The van der Waals surface area contributed by atoms with Crippen molar-refractivity contribution in [2.24, 2.45) is 0 Å². The molecule has 0 saturated carbocycles. The molecule has 0 N–H and O–H groups in total. The van der Waals surface area contributed by atoms with Crippen molar-refractivity contribution in [3.8, 4) is 17.2 Å². The van der Waals surface area contributed by atoms with Gasteiger partial charge >= 0.3 is 5.97 Å². The summed E-state index contributed by atoms with van der Waals surface area (Å²) < 4.78 is 20.6. The summed E-state index contributed by atoms with van der Waals surface area (Å²) in [5, 5.41) is 0. The highest BCUT2D eigenvalue weighted by molar-refractivity contribution is 5.94. The van der Waals surface area contributed by atoms with E-state index in [1.807, 2.05) is 0 Å². The number of hydrogen-bond acceptors (Lipinski definition) is 6. The van der Waals surface area contributed by atoms with Gasteiger partial charge in [-0.15, -0.1) is 0 Å². The van der Waals surface area contributed by atoms with Gasteiger partial charge < -0.3 is 18.9 Å². The lowest BCUT2D eigenvalue weighted by atomic mass is 10.2. The van der Waals surface area contributed by atoms with Crippen molar-refractivity contribution < 1.29 is 28.5 Å². The Hall–Kier alpha value is -2.24. The van der Waals surface area contributed by atoms with Crippen LogP contribution in [0.3, 0.4) is 0 Å². The molecule has 1 aromatic rings. The van der Waals surface area contributed by atoms with Gasteiger partial charge in [0.15, 0.2) is 11.5 Å². The van der Waals surface area contributed by atoms with Gasteiger partial charge in [-0.1, -0.05) is 0 Å². The van der Waals surface area contributed by atoms with E-state index in [0.29, 0.717) is 22.8 Å². The van der Waals surface area contributed by atoms with Crippen molar-refractivity contribution in [2.45, 2.75) is 20.0 Å². The van der Waals surface area contributed by atoms with Crippen LogP contribution in [0.4, 0.5) is 0 Å². The smallest absolute Gasteiger partial charge is 0.313 e. The van der Waals surface area contributed by atoms with Gasteiger partial charge in [-0.25, -0.2) is 0 Å². The zero-order valence-corrected chi connectivity index (χ0v) is 12.0. The molecule has 6 heteroatoms. The van der Waals surface area contributed by atoms with Gasteiger partial charge in [-0.05, 0) is 24.6 Å². The fourth-order valence-corrected chi connectivity index (χ4v) is 1.64. The Morgan fingerprint density at radius 3 is 1.95 bits per heavy atom. The number of ketones is 1. The molecule has 110 valence electrons. The normalized spacial score (nSPS) is 9.80. The highest BCUT2D eigenvalue weighted by Crippen LogP contribution is 2.38. The Morgan fingerprint density at radius 2 is 1.55 bits per heavy atom. The number of hydrogen-bond donors (Lipinski definition) is 0. The highest BCUT2D eigenvalue weighted by atomic mass is 16.5. The van der Waals surface area contributed by atoms with Crippen LogP contribution in [-0.4, -0.2) is 33.1 Å². The molecule has 6 nitrogen and oxygen atoms in total. The zero-order valence-electron chi connectivity index (χ0n) is 12.0. The van der Waals surface area contributed by atoms with Crippen molar-refractivity contribution in [2.75, 3.05) is 21.3 Å². The standard InChI is InChI=1S/C14H18O6/c1-9(15)5-13(16)20-8-10-6-11(17-2)14(19-4)12(7-10)18-3/h6-7H,5,8H2,1-4H3. The Kier molecular flexibility index (Phi) is 5.83. The highest BCUT2D eigenvalue weighted by Gasteiger charge is 2.14. The van der Waals surface area contributed by atoms with Crippen molar-refractivity contribution >= 4 is 11.8 Å². The predicted molar refractivity (Wildman–Crippen MR) is 71.2 cm³/mol. The molecule has 0 aromatic heterocycles. The summed E-state index contributed by atoms with van der Waals surface area (Å²) in [4.78, 5) is 22.1. The van der Waals surface area contributed by atoms with Gasteiger partial charge in [0, 0.05) is 0 Å². The summed E-state index contributed by atoms with van der Waals surface area (Å²) in [6.45, 7) is 1.36. The summed E-state index contributed by atoms with van der Waals surface area (Å²) in [6, 6.07) is 3.37. The van der Waals surface area contributed by atoms with E-state index in [1.165, 1.54) is 28.3 Å². The molecule has 0 saturated heterocycles. The molecule has 0 fully saturated rings. The number of carbonyl (C=O) groups excluding carboxylic acids is 2. The second-order valence-electron chi connectivity index (χ2n) is 4.07. The summed E-state index contributed by atoms with van der Waals surface area (Å²) in [5.41, 5.74) is 0.677. The van der Waals surface area contributed by atoms with Crippen LogP contribution < -0.4 is 14.2 Å². The first kappa shape index (κ1) is 15.8. The quantitative estimate of drug-likeness (QED) is 0.560. The van der Waals surface area contributed by atoms with Gasteiger partial charge in [0.25, 0.3) is 0 Å². The van der Waals surface area contributed by atoms with Gasteiger partial charge in [-0.3, -0.25) is 9.59 Å². The summed E-state index contributed by atoms with van der Waals surface area (Å²) >= 11 is 0.